The van der Waals surface area contributed by atoms with Gasteiger partial charge in [-0.25, -0.2) is 4.98 Å². The molecule has 3 N–H and O–H groups in total. The zero-order valence-electron chi connectivity index (χ0n) is 9.40. The summed E-state index contributed by atoms with van der Waals surface area (Å²) in [6, 6.07) is -0.354. The molecule has 0 radical (unpaired) electrons. The minimum atomic E-state index is -0.354. The summed E-state index contributed by atoms with van der Waals surface area (Å²) in [5, 5.41) is 11.9. The van der Waals surface area contributed by atoms with Gasteiger partial charge in [-0.3, -0.25) is 14.7 Å². The maximum atomic E-state index is 11.6. The average Bonchev–Trinajstić information content (AvgIpc) is 2.95. The Morgan fingerprint density at radius 2 is 2.47 bits per heavy atom. The quantitative estimate of drug-likeness (QED) is 0.580. The van der Waals surface area contributed by atoms with Crippen LogP contribution in [-0.4, -0.2) is 39.6 Å². The Balaban J connectivity index is 1.62. The highest BCUT2D eigenvalue weighted by Crippen LogP contribution is 2.06. The van der Waals surface area contributed by atoms with E-state index >= 15 is 0 Å². The van der Waals surface area contributed by atoms with Crippen molar-refractivity contribution >= 4 is 11.8 Å². The fourth-order valence-electron chi connectivity index (χ4n) is 1.75. The van der Waals surface area contributed by atoms with Crippen LogP contribution in [0.5, 0.6) is 0 Å². The Labute approximate surface area is 98.4 Å². The lowest BCUT2D eigenvalue weighted by Crippen LogP contribution is -2.41. The van der Waals surface area contributed by atoms with Crippen LogP contribution < -0.4 is 10.6 Å². The van der Waals surface area contributed by atoms with Crippen LogP contribution in [0.3, 0.4) is 0 Å². The van der Waals surface area contributed by atoms with Crippen molar-refractivity contribution < 1.29 is 9.59 Å². The predicted octanol–water partition coefficient (Wildman–Crippen LogP) is -0.868. The smallest absolute Gasteiger partial charge is 0.242 e. The van der Waals surface area contributed by atoms with E-state index in [0.717, 1.165) is 18.7 Å². The Bertz CT molecular complexity index is 389. The fraction of sp³-hybridized carbons (Fsp3) is 0.600. The molecule has 1 atom stereocenters. The molecule has 0 aliphatic carbocycles. The van der Waals surface area contributed by atoms with Crippen molar-refractivity contribution in [3.05, 3.63) is 12.2 Å². The molecule has 1 aromatic rings. The van der Waals surface area contributed by atoms with E-state index in [1.807, 2.05) is 0 Å². The van der Waals surface area contributed by atoms with Gasteiger partial charge in [-0.15, -0.1) is 0 Å². The Morgan fingerprint density at radius 1 is 1.59 bits per heavy atom. The van der Waals surface area contributed by atoms with Gasteiger partial charge in [0.25, 0.3) is 0 Å². The minimum absolute atomic E-state index is 0.0493. The average molecular weight is 237 g/mol. The second-order valence-electron chi connectivity index (χ2n) is 3.99. The lowest BCUT2D eigenvalue weighted by molar-refractivity contribution is -0.125. The van der Waals surface area contributed by atoms with Crippen LogP contribution in [0.1, 0.15) is 25.1 Å². The molecule has 1 aromatic heterocycles. The number of carbonyl (C=O) groups excluding carboxylic acids is 2. The van der Waals surface area contributed by atoms with Crippen molar-refractivity contribution in [2.24, 2.45) is 0 Å². The van der Waals surface area contributed by atoms with Gasteiger partial charge in [0, 0.05) is 19.4 Å². The van der Waals surface area contributed by atoms with Gasteiger partial charge < -0.3 is 10.6 Å². The first kappa shape index (κ1) is 11.6. The van der Waals surface area contributed by atoms with E-state index in [4.69, 9.17) is 0 Å². The molecule has 0 unspecified atom stereocenters. The van der Waals surface area contributed by atoms with E-state index in [1.54, 1.807) is 0 Å². The molecule has 17 heavy (non-hydrogen) atoms. The SMILES string of the molecule is O=C1CC[C@@H](C(=O)NCCCc2ncn[nH]2)N1. The molecule has 2 amide bonds. The van der Waals surface area contributed by atoms with Gasteiger partial charge in [-0.2, -0.15) is 5.10 Å². The zero-order valence-corrected chi connectivity index (χ0v) is 9.40. The van der Waals surface area contributed by atoms with Gasteiger partial charge in [0.1, 0.15) is 18.2 Å². The number of nitrogens with zero attached hydrogens (tertiary/aromatic N) is 2. The Morgan fingerprint density at radius 3 is 3.12 bits per heavy atom. The summed E-state index contributed by atoms with van der Waals surface area (Å²) in [5.41, 5.74) is 0. The summed E-state index contributed by atoms with van der Waals surface area (Å²) in [6.07, 6.45) is 4.03. The largest absolute Gasteiger partial charge is 0.354 e. The number of aromatic amines is 1. The number of hydrogen-bond acceptors (Lipinski definition) is 4. The number of nitrogens with one attached hydrogen (secondary N) is 3. The molecule has 7 heteroatoms. The molecule has 1 aliphatic rings. The molecule has 1 saturated heterocycles. The number of aryl methyl sites for hydroxylation is 1. The van der Waals surface area contributed by atoms with Crippen molar-refractivity contribution in [2.45, 2.75) is 31.7 Å². The summed E-state index contributed by atoms with van der Waals surface area (Å²) in [4.78, 5) is 26.5. The summed E-state index contributed by atoms with van der Waals surface area (Å²) < 4.78 is 0. The van der Waals surface area contributed by atoms with Crippen LogP contribution in [-0.2, 0) is 16.0 Å². The van der Waals surface area contributed by atoms with Crippen molar-refractivity contribution in [3.63, 3.8) is 0 Å². The molecule has 0 bridgehead atoms. The molecule has 1 aliphatic heterocycles. The van der Waals surface area contributed by atoms with Crippen LogP contribution in [0.15, 0.2) is 6.33 Å². The minimum Gasteiger partial charge on any atom is -0.354 e. The Kier molecular flexibility index (Phi) is 3.69. The highest BCUT2D eigenvalue weighted by molar-refractivity contribution is 5.90. The maximum Gasteiger partial charge on any atom is 0.242 e. The summed E-state index contributed by atoms with van der Waals surface area (Å²) in [6.45, 7) is 0.575. The van der Waals surface area contributed by atoms with Crippen LogP contribution in [0.2, 0.25) is 0 Å². The fourth-order valence-corrected chi connectivity index (χ4v) is 1.75. The van der Waals surface area contributed by atoms with E-state index in [1.165, 1.54) is 6.33 Å². The van der Waals surface area contributed by atoms with E-state index < -0.39 is 0 Å². The third-order valence-corrected chi connectivity index (χ3v) is 2.67. The second-order valence-corrected chi connectivity index (χ2v) is 3.99. The monoisotopic (exact) mass is 237 g/mol. The molecule has 2 rings (SSSR count). The molecular weight excluding hydrogens is 222 g/mol. The number of carbonyl (C=O) groups is 2. The molecule has 2 heterocycles. The first-order valence-corrected chi connectivity index (χ1v) is 5.67. The molecule has 7 nitrogen and oxygen atoms in total. The zero-order chi connectivity index (χ0) is 12.1. The molecule has 0 saturated carbocycles. The number of aromatic nitrogens is 3. The van der Waals surface area contributed by atoms with Gasteiger partial charge in [-0.1, -0.05) is 0 Å². The molecular formula is C10H15N5O2. The Hall–Kier alpha value is -1.92. The third-order valence-electron chi connectivity index (χ3n) is 2.67. The highest BCUT2D eigenvalue weighted by atomic mass is 16.2. The first-order valence-electron chi connectivity index (χ1n) is 5.67. The van der Waals surface area contributed by atoms with Crippen molar-refractivity contribution in [1.82, 2.24) is 25.8 Å². The first-order chi connectivity index (χ1) is 8.25. The molecule has 0 spiro atoms. The summed E-state index contributed by atoms with van der Waals surface area (Å²) in [5.74, 6) is 0.661. The molecule has 92 valence electrons. The van der Waals surface area contributed by atoms with E-state index in [0.29, 0.717) is 19.4 Å². The standard InChI is InChI=1S/C10H15N5O2/c16-9-4-3-7(14-9)10(17)11-5-1-2-8-12-6-13-15-8/h6-7H,1-5H2,(H,11,17)(H,14,16)(H,12,13,15)/t7-/m0/s1. The van der Waals surface area contributed by atoms with Crippen molar-refractivity contribution in [3.8, 4) is 0 Å². The predicted molar refractivity (Wildman–Crippen MR) is 58.9 cm³/mol. The van der Waals surface area contributed by atoms with Crippen molar-refractivity contribution in [1.29, 1.82) is 0 Å². The number of rotatable bonds is 5. The lowest BCUT2D eigenvalue weighted by atomic mass is 10.2. The van der Waals surface area contributed by atoms with Gasteiger partial charge >= 0.3 is 0 Å². The van der Waals surface area contributed by atoms with E-state index in [9.17, 15) is 9.59 Å². The normalized spacial score (nSPS) is 19.1. The van der Waals surface area contributed by atoms with Crippen LogP contribution >= 0.6 is 0 Å². The third kappa shape index (κ3) is 3.27. The van der Waals surface area contributed by atoms with E-state index in [-0.39, 0.29) is 17.9 Å². The topological polar surface area (TPSA) is 99.8 Å². The maximum absolute atomic E-state index is 11.6. The van der Waals surface area contributed by atoms with Crippen LogP contribution in [0.4, 0.5) is 0 Å². The highest BCUT2D eigenvalue weighted by Gasteiger charge is 2.26. The summed E-state index contributed by atoms with van der Waals surface area (Å²) in [7, 11) is 0. The lowest BCUT2D eigenvalue weighted by Gasteiger charge is -2.10. The number of amides is 2. The number of H-pyrrole nitrogens is 1. The molecule has 0 aromatic carbocycles. The van der Waals surface area contributed by atoms with Gasteiger partial charge in [0.15, 0.2) is 0 Å². The molecule has 1 fully saturated rings. The summed E-state index contributed by atoms with van der Waals surface area (Å²) >= 11 is 0. The second kappa shape index (κ2) is 5.42. The van der Waals surface area contributed by atoms with Gasteiger partial charge in [0.2, 0.25) is 11.8 Å². The van der Waals surface area contributed by atoms with Crippen molar-refractivity contribution in [2.75, 3.05) is 6.54 Å². The van der Waals surface area contributed by atoms with Crippen LogP contribution in [0, 0.1) is 0 Å². The van der Waals surface area contributed by atoms with Gasteiger partial charge in [-0.05, 0) is 12.8 Å². The van der Waals surface area contributed by atoms with Gasteiger partial charge in [0.05, 0.1) is 0 Å². The van der Waals surface area contributed by atoms with E-state index in [2.05, 4.69) is 25.8 Å². The number of hydrogen-bond donors (Lipinski definition) is 3. The van der Waals surface area contributed by atoms with Crippen LogP contribution in [0.25, 0.3) is 0 Å².